The van der Waals surface area contributed by atoms with Gasteiger partial charge >= 0.3 is 0 Å². The van der Waals surface area contributed by atoms with Crippen molar-refractivity contribution in [3.05, 3.63) is 114 Å². The molecule has 2 aromatic heterocycles. The van der Waals surface area contributed by atoms with Crippen LogP contribution in [0.5, 0.6) is 0 Å². The van der Waals surface area contributed by atoms with E-state index >= 15 is 0 Å². The van der Waals surface area contributed by atoms with Gasteiger partial charge in [0, 0.05) is 12.1 Å². The summed E-state index contributed by atoms with van der Waals surface area (Å²) in [4.78, 5) is 26.1. The van der Waals surface area contributed by atoms with E-state index in [1.165, 1.54) is 5.01 Å². The maximum absolute atomic E-state index is 13.3. The molecular weight excluding hydrogens is 456 g/mol. The molecule has 2 aromatic carbocycles. The molecular formula is C28H26N4O4. The summed E-state index contributed by atoms with van der Waals surface area (Å²) in [7, 11) is 0. The fraction of sp³-hybridized carbons (Fsp3) is 0.179. The quantitative estimate of drug-likeness (QED) is 0.372. The predicted octanol–water partition coefficient (Wildman–Crippen LogP) is 4.90. The number of benzene rings is 2. The number of rotatable bonds is 8. The smallest absolute Gasteiger partial charge is 0.262 e. The van der Waals surface area contributed by atoms with E-state index in [-0.39, 0.29) is 30.9 Å². The highest BCUT2D eigenvalue weighted by atomic mass is 16.3. The second kappa shape index (κ2) is 10.4. The first kappa shape index (κ1) is 23.2. The monoisotopic (exact) mass is 482 g/mol. The summed E-state index contributed by atoms with van der Waals surface area (Å²) < 4.78 is 10.9. The molecule has 2 amide bonds. The SMILES string of the molecule is Cc1ccc(C2=NN(C(=O)CNc3ccccc3C(=O)NCc3ccco3)C(c3ccco3)C2)cc1. The number of anilines is 1. The third-order valence-corrected chi connectivity index (χ3v) is 6.03. The Hall–Kier alpha value is -4.59. The number of nitrogens with one attached hydrogen (secondary N) is 2. The van der Waals surface area contributed by atoms with Gasteiger partial charge in [-0.15, -0.1) is 0 Å². The van der Waals surface area contributed by atoms with Crippen LogP contribution in [0.1, 0.15) is 45.5 Å². The van der Waals surface area contributed by atoms with E-state index in [1.807, 2.05) is 43.3 Å². The summed E-state index contributed by atoms with van der Waals surface area (Å²) in [5.41, 5.74) is 3.94. The van der Waals surface area contributed by atoms with E-state index in [2.05, 4.69) is 15.7 Å². The number of hydrazone groups is 1. The molecule has 0 aliphatic carbocycles. The highest BCUT2D eigenvalue weighted by Gasteiger charge is 2.34. The van der Waals surface area contributed by atoms with Crippen LogP contribution in [0.15, 0.2) is 99.3 Å². The maximum Gasteiger partial charge on any atom is 0.262 e. The Bertz CT molecular complexity index is 1360. The Labute approximate surface area is 208 Å². The Morgan fingerprint density at radius 2 is 1.75 bits per heavy atom. The van der Waals surface area contributed by atoms with Crippen LogP contribution in [-0.2, 0) is 11.3 Å². The van der Waals surface area contributed by atoms with Crippen molar-refractivity contribution in [2.24, 2.45) is 5.10 Å². The summed E-state index contributed by atoms with van der Waals surface area (Å²) in [5.74, 6) is 0.830. The van der Waals surface area contributed by atoms with Gasteiger partial charge in [-0.2, -0.15) is 5.10 Å². The number of furan rings is 2. The minimum atomic E-state index is -0.336. The van der Waals surface area contributed by atoms with Gasteiger partial charge < -0.3 is 19.5 Å². The highest BCUT2D eigenvalue weighted by molar-refractivity contribution is 6.03. The number of amides is 2. The van der Waals surface area contributed by atoms with E-state index in [0.717, 1.165) is 16.8 Å². The molecule has 36 heavy (non-hydrogen) atoms. The Balaban J connectivity index is 1.30. The van der Waals surface area contributed by atoms with Crippen LogP contribution >= 0.6 is 0 Å². The fourth-order valence-corrected chi connectivity index (χ4v) is 4.13. The number of hydrogen-bond donors (Lipinski definition) is 2. The lowest BCUT2D eigenvalue weighted by Crippen LogP contribution is -2.32. The van der Waals surface area contributed by atoms with Crippen molar-refractivity contribution in [2.75, 3.05) is 11.9 Å². The van der Waals surface area contributed by atoms with Crippen molar-refractivity contribution >= 4 is 23.2 Å². The first-order chi connectivity index (χ1) is 17.6. The minimum absolute atomic E-state index is 0.0373. The molecule has 1 aliphatic rings. The fourth-order valence-electron chi connectivity index (χ4n) is 4.13. The zero-order valence-corrected chi connectivity index (χ0v) is 19.8. The molecule has 8 heteroatoms. The average Bonchev–Trinajstić information content (AvgIpc) is 3.68. The zero-order chi connectivity index (χ0) is 24.9. The molecule has 0 bridgehead atoms. The van der Waals surface area contributed by atoms with Gasteiger partial charge in [0.15, 0.2) is 0 Å². The van der Waals surface area contributed by atoms with Gasteiger partial charge in [0.25, 0.3) is 11.8 Å². The first-order valence-electron chi connectivity index (χ1n) is 11.7. The van der Waals surface area contributed by atoms with Gasteiger partial charge in [-0.3, -0.25) is 9.59 Å². The van der Waals surface area contributed by atoms with Gasteiger partial charge in [-0.1, -0.05) is 42.0 Å². The molecule has 4 aromatic rings. The highest BCUT2D eigenvalue weighted by Crippen LogP contribution is 2.33. The number of para-hydroxylation sites is 1. The number of nitrogens with zero attached hydrogens (tertiary/aromatic N) is 2. The normalized spacial score (nSPS) is 15.0. The number of aryl methyl sites for hydroxylation is 1. The van der Waals surface area contributed by atoms with Crippen molar-refractivity contribution in [3.63, 3.8) is 0 Å². The van der Waals surface area contributed by atoms with E-state index in [9.17, 15) is 9.59 Å². The lowest BCUT2D eigenvalue weighted by atomic mass is 10.0. The number of carbonyl (C=O) groups excluding carboxylic acids is 2. The van der Waals surface area contributed by atoms with Crippen molar-refractivity contribution < 1.29 is 18.4 Å². The third kappa shape index (κ3) is 5.07. The van der Waals surface area contributed by atoms with E-state index in [4.69, 9.17) is 8.83 Å². The molecule has 0 saturated carbocycles. The third-order valence-electron chi connectivity index (χ3n) is 6.03. The standard InChI is InChI=1S/C28H26N4O4/c1-19-10-12-20(13-11-19)24-16-25(26-9-5-15-36-26)32(31-24)27(33)18-29-23-8-3-2-7-22(23)28(34)30-17-21-6-4-14-35-21/h2-15,25,29H,16-18H2,1H3,(H,30,34). The van der Waals surface area contributed by atoms with E-state index < -0.39 is 0 Å². The summed E-state index contributed by atoms with van der Waals surface area (Å²) in [5, 5.41) is 12.1. The van der Waals surface area contributed by atoms with E-state index in [1.54, 1.807) is 48.9 Å². The largest absolute Gasteiger partial charge is 0.467 e. The summed E-state index contributed by atoms with van der Waals surface area (Å²) in [6.07, 6.45) is 3.70. The van der Waals surface area contributed by atoms with Crippen molar-refractivity contribution in [1.29, 1.82) is 0 Å². The average molecular weight is 483 g/mol. The zero-order valence-electron chi connectivity index (χ0n) is 19.8. The Morgan fingerprint density at radius 3 is 2.50 bits per heavy atom. The molecule has 0 saturated heterocycles. The molecule has 5 rings (SSSR count). The molecule has 182 valence electrons. The lowest BCUT2D eigenvalue weighted by molar-refractivity contribution is -0.131. The molecule has 0 radical (unpaired) electrons. The maximum atomic E-state index is 13.3. The molecule has 0 fully saturated rings. The Kier molecular flexibility index (Phi) is 6.66. The first-order valence-corrected chi connectivity index (χ1v) is 11.7. The number of hydrogen-bond acceptors (Lipinski definition) is 6. The van der Waals surface area contributed by atoms with E-state index in [0.29, 0.717) is 29.2 Å². The molecule has 1 atom stereocenters. The molecule has 8 nitrogen and oxygen atoms in total. The van der Waals surface area contributed by atoms with Crippen LogP contribution in [0.25, 0.3) is 0 Å². The van der Waals surface area contributed by atoms with Crippen LogP contribution in [-0.4, -0.2) is 29.1 Å². The molecule has 0 spiro atoms. The van der Waals surface area contributed by atoms with Crippen LogP contribution < -0.4 is 10.6 Å². The van der Waals surface area contributed by atoms with Crippen LogP contribution in [0.2, 0.25) is 0 Å². The lowest BCUT2D eigenvalue weighted by Gasteiger charge is -2.20. The van der Waals surface area contributed by atoms with Gasteiger partial charge in [0.2, 0.25) is 0 Å². The molecule has 3 heterocycles. The minimum Gasteiger partial charge on any atom is -0.467 e. The van der Waals surface area contributed by atoms with Crippen molar-refractivity contribution in [1.82, 2.24) is 10.3 Å². The topological polar surface area (TPSA) is 100 Å². The van der Waals surface area contributed by atoms with Crippen LogP contribution in [0.3, 0.4) is 0 Å². The molecule has 1 unspecified atom stereocenters. The van der Waals surface area contributed by atoms with Gasteiger partial charge in [-0.25, -0.2) is 5.01 Å². The number of carbonyl (C=O) groups is 2. The van der Waals surface area contributed by atoms with Crippen LogP contribution in [0, 0.1) is 6.92 Å². The molecule has 1 aliphatic heterocycles. The summed E-state index contributed by atoms with van der Waals surface area (Å²) >= 11 is 0. The second-order valence-electron chi connectivity index (χ2n) is 8.55. The summed E-state index contributed by atoms with van der Waals surface area (Å²) in [6, 6.07) is 22.0. The van der Waals surface area contributed by atoms with Gasteiger partial charge in [0.1, 0.15) is 17.6 Å². The van der Waals surface area contributed by atoms with Crippen LogP contribution in [0.4, 0.5) is 5.69 Å². The predicted molar refractivity (Wildman–Crippen MR) is 135 cm³/mol. The summed E-state index contributed by atoms with van der Waals surface area (Å²) in [6.45, 7) is 2.26. The molecule has 2 N–H and O–H groups in total. The van der Waals surface area contributed by atoms with Gasteiger partial charge in [0.05, 0.1) is 36.9 Å². The Morgan fingerprint density at radius 1 is 0.972 bits per heavy atom. The van der Waals surface area contributed by atoms with Crippen molar-refractivity contribution in [2.45, 2.75) is 25.9 Å². The van der Waals surface area contributed by atoms with Gasteiger partial charge in [-0.05, 0) is 48.9 Å². The van der Waals surface area contributed by atoms with Crippen molar-refractivity contribution in [3.8, 4) is 0 Å². The second-order valence-corrected chi connectivity index (χ2v) is 8.55.